The summed E-state index contributed by atoms with van der Waals surface area (Å²) >= 11 is 0. The number of carbonyl (C=O) groups is 1. The molecule has 1 saturated heterocycles. The SMILES string of the molecule is CCCc1c(-c2ccc(OC)c(C)c2)c(C(N)=O)c(C)n1CCN1CCCCC1. The number of piperidine rings is 1. The van der Waals surface area contributed by atoms with E-state index in [1.165, 1.54) is 38.0 Å². The standard InChI is InChI=1S/C24H35N3O2/c1-5-9-20-23(19-10-11-21(29-4)17(2)16-19)22(24(25)28)18(3)27(20)15-14-26-12-7-6-8-13-26/h10-11,16H,5-9,12-15H2,1-4H3,(H2,25,28). The van der Waals surface area contributed by atoms with Crippen LogP contribution >= 0.6 is 0 Å². The highest BCUT2D eigenvalue weighted by Gasteiger charge is 2.25. The molecule has 29 heavy (non-hydrogen) atoms. The number of nitrogens with zero attached hydrogens (tertiary/aromatic N) is 2. The molecule has 0 aliphatic carbocycles. The third-order valence-corrected chi connectivity index (χ3v) is 6.14. The van der Waals surface area contributed by atoms with Gasteiger partial charge < -0.3 is 19.9 Å². The molecule has 1 aromatic heterocycles. The number of nitrogens with two attached hydrogens (primary N) is 1. The predicted octanol–water partition coefficient (Wildman–Crippen LogP) is 4.32. The molecule has 1 aromatic carbocycles. The molecule has 5 heteroatoms. The summed E-state index contributed by atoms with van der Waals surface area (Å²) in [6.45, 7) is 10.5. The second kappa shape index (κ2) is 9.49. The largest absolute Gasteiger partial charge is 0.496 e. The van der Waals surface area contributed by atoms with Gasteiger partial charge in [0.2, 0.25) is 0 Å². The van der Waals surface area contributed by atoms with Gasteiger partial charge >= 0.3 is 0 Å². The first-order chi connectivity index (χ1) is 14.0. The molecule has 1 aliphatic rings. The van der Waals surface area contributed by atoms with E-state index in [1.807, 2.05) is 26.0 Å². The van der Waals surface area contributed by atoms with Crippen molar-refractivity contribution in [3.05, 3.63) is 40.7 Å². The Morgan fingerprint density at radius 3 is 2.45 bits per heavy atom. The number of rotatable bonds is 8. The second-order valence-corrected chi connectivity index (χ2v) is 8.13. The normalized spacial score (nSPS) is 14.9. The van der Waals surface area contributed by atoms with E-state index in [0.717, 1.165) is 54.1 Å². The number of likely N-dealkylation sites (tertiary alicyclic amines) is 1. The van der Waals surface area contributed by atoms with Crippen molar-refractivity contribution in [2.24, 2.45) is 5.73 Å². The number of amides is 1. The fourth-order valence-electron chi connectivity index (χ4n) is 4.67. The van der Waals surface area contributed by atoms with Crippen LogP contribution in [0.3, 0.4) is 0 Å². The van der Waals surface area contributed by atoms with E-state index < -0.39 is 0 Å². The first kappa shape index (κ1) is 21.4. The molecule has 5 nitrogen and oxygen atoms in total. The molecule has 0 bridgehead atoms. The first-order valence-corrected chi connectivity index (χ1v) is 10.9. The summed E-state index contributed by atoms with van der Waals surface area (Å²) in [5, 5.41) is 0. The van der Waals surface area contributed by atoms with Gasteiger partial charge in [-0.25, -0.2) is 0 Å². The maximum atomic E-state index is 12.5. The lowest BCUT2D eigenvalue weighted by atomic mass is 9.96. The molecule has 0 saturated carbocycles. The van der Waals surface area contributed by atoms with Crippen LogP contribution in [0, 0.1) is 13.8 Å². The van der Waals surface area contributed by atoms with Gasteiger partial charge in [0.1, 0.15) is 5.75 Å². The molecule has 1 fully saturated rings. The Balaban J connectivity index is 2.05. The number of carbonyl (C=O) groups excluding carboxylic acids is 1. The molecule has 0 spiro atoms. The van der Waals surface area contributed by atoms with Gasteiger partial charge in [-0.2, -0.15) is 0 Å². The Kier molecular flexibility index (Phi) is 7.01. The van der Waals surface area contributed by atoms with Crippen LogP contribution in [0.25, 0.3) is 11.1 Å². The van der Waals surface area contributed by atoms with Crippen molar-refractivity contribution in [3.63, 3.8) is 0 Å². The fourth-order valence-corrected chi connectivity index (χ4v) is 4.67. The minimum Gasteiger partial charge on any atom is -0.496 e. The zero-order valence-electron chi connectivity index (χ0n) is 18.4. The molecular formula is C24H35N3O2. The number of benzene rings is 1. The van der Waals surface area contributed by atoms with Crippen molar-refractivity contribution in [2.45, 2.75) is 59.4 Å². The maximum Gasteiger partial charge on any atom is 0.251 e. The Morgan fingerprint density at radius 1 is 1.14 bits per heavy atom. The molecule has 2 N–H and O–H groups in total. The Morgan fingerprint density at radius 2 is 1.86 bits per heavy atom. The lowest BCUT2D eigenvalue weighted by Gasteiger charge is -2.27. The Hall–Kier alpha value is -2.27. The summed E-state index contributed by atoms with van der Waals surface area (Å²) in [6.07, 6.45) is 5.86. The number of hydrogen-bond acceptors (Lipinski definition) is 3. The summed E-state index contributed by atoms with van der Waals surface area (Å²) in [7, 11) is 1.68. The van der Waals surface area contributed by atoms with Crippen molar-refractivity contribution in [3.8, 4) is 16.9 Å². The highest BCUT2D eigenvalue weighted by Crippen LogP contribution is 2.35. The van der Waals surface area contributed by atoms with Gasteiger partial charge in [0.25, 0.3) is 5.91 Å². The molecule has 0 unspecified atom stereocenters. The lowest BCUT2D eigenvalue weighted by molar-refractivity contribution is 0.1000. The topological polar surface area (TPSA) is 60.5 Å². The van der Waals surface area contributed by atoms with Crippen LogP contribution < -0.4 is 10.5 Å². The Bertz CT molecular complexity index is 863. The monoisotopic (exact) mass is 397 g/mol. The van der Waals surface area contributed by atoms with Gasteiger partial charge in [-0.1, -0.05) is 25.8 Å². The van der Waals surface area contributed by atoms with Gasteiger partial charge in [0, 0.05) is 30.0 Å². The quantitative estimate of drug-likeness (QED) is 0.722. The van der Waals surface area contributed by atoms with Gasteiger partial charge in [0.15, 0.2) is 0 Å². The third-order valence-electron chi connectivity index (χ3n) is 6.14. The van der Waals surface area contributed by atoms with E-state index in [9.17, 15) is 4.79 Å². The van der Waals surface area contributed by atoms with Crippen LogP contribution in [0.2, 0.25) is 0 Å². The highest BCUT2D eigenvalue weighted by atomic mass is 16.5. The predicted molar refractivity (Wildman–Crippen MR) is 119 cm³/mol. The maximum absolute atomic E-state index is 12.5. The van der Waals surface area contributed by atoms with Crippen LogP contribution in [0.5, 0.6) is 5.75 Å². The first-order valence-electron chi connectivity index (χ1n) is 10.9. The van der Waals surface area contributed by atoms with E-state index in [1.54, 1.807) is 7.11 Å². The Labute approximate surface area is 174 Å². The van der Waals surface area contributed by atoms with E-state index in [-0.39, 0.29) is 5.91 Å². The molecule has 2 heterocycles. The van der Waals surface area contributed by atoms with Crippen molar-refractivity contribution in [2.75, 3.05) is 26.7 Å². The molecule has 3 rings (SSSR count). The second-order valence-electron chi connectivity index (χ2n) is 8.13. The average Bonchev–Trinajstić information content (AvgIpc) is 2.99. The van der Waals surface area contributed by atoms with E-state index in [0.29, 0.717) is 5.56 Å². The van der Waals surface area contributed by atoms with Gasteiger partial charge in [-0.05, 0) is 69.5 Å². The molecule has 2 aromatic rings. The summed E-state index contributed by atoms with van der Waals surface area (Å²) in [4.78, 5) is 15.0. The van der Waals surface area contributed by atoms with Crippen LogP contribution in [0.1, 0.15) is 59.9 Å². The van der Waals surface area contributed by atoms with Crippen molar-refractivity contribution >= 4 is 5.91 Å². The molecule has 1 aliphatic heterocycles. The molecule has 1 amide bonds. The zero-order chi connectivity index (χ0) is 21.0. The van der Waals surface area contributed by atoms with Gasteiger partial charge in [-0.15, -0.1) is 0 Å². The summed E-state index contributed by atoms with van der Waals surface area (Å²) in [5.41, 5.74) is 11.9. The third kappa shape index (κ3) is 4.50. The molecule has 0 radical (unpaired) electrons. The lowest BCUT2D eigenvalue weighted by Crippen LogP contribution is -2.33. The van der Waals surface area contributed by atoms with Crippen LogP contribution in [0.15, 0.2) is 18.2 Å². The smallest absolute Gasteiger partial charge is 0.251 e. The molecule has 158 valence electrons. The average molecular weight is 398 g/mol. The van der Waals surface area contributed by atoms with Gasteiger partial charge in [-0.3, -0.25) is 4.79 Å². The van der Waals surface area contributed by atoms with Crippen LogP contribution in [-0.4, -0.2) is 42.1 Å². The van der Waals surface area contributed by atoms with Gasteiger partial charge in [0.05, 0.1) is 12.7 Å². The number of methoxy groups -OCH3 is 1. The van der Waals surface area contributed by atoms with Crippen LogP contribution in [0.4, 0.5) is 0 Å². The summed E-state index contributed by atoms with van der Waals surface area (Å²) in [6, 6.07) is 6.13. The van der Waals surface area contributed by atoms with Crippen molar-refractivity contribution < 1.29 is 9.53 Å². The fraction of sp³-hybridized carbons (Fsp3) is 0.542. The summed E-state index contributed by atoms with van der Waals surface area (Å²) < 4.78 is 7.76. The minimum atomic E-state index is -0.347. The van der Waals surface area contributed by atoms with E-state index >= 15 is 0 Å². The number of hydrogen-bond donors (Lipinski definition) is 1. The van der Waals surface area contributed by atoms with E-state index in [2.05, 4.69) is 22.5 Å². The van der Waals surface area contributed by atoms with Crippen LogP contribution in [-0.2, 0) is 13.0 Å². The number of aryl methyl sites for hydroxylation is 1. The summed E-state index contributed by atoms with van der Waals surface area (Å²) in [5.74, 6) is 0.507. The number of primary amides is 1. The molecule has 0 atom stereocenters. The minimum absolute atomic E-state index is 0.347. The number of aromatic nitrogens is 1. The molecular weight excluding hydrogens is 362 g/mol. The van der Waals surface area contributed by atoms with Crippen molar-refractivity contribution in [1.82, 2.24) is 9.47 Å². The number of ether oxygens (including phenoxy) is 1. The van der Waals surface area contributed by atoms with Crippen molar-refractivity contribution in [1.29, 1.82) is 0 Å². The highest BCUT2D eigenvalue weighted by molar-refractivity contribution is 6.02. The van der Waals surface area contributed by atoms with E-state index in [4.69, 9.17) is 10.5 Å². The zero-order valence-corrected chi connectivity index (χ0v) is 18.4.